The Bertz CT molecular complexity index is 1010. The molecule has 2 amide bonds. The molecule has 1 aliphatic heterocycles. The van der Waals surface area contributed by atoms with Gasteiger partial charge in [0, 0.05) is 0 Å². The lowest BCUT2D eigenvalue weighted by atomic mass is 9.82. The van der Waals surface area contributed by atoms with Crippen molar-refractivity contribution in [1.82, 2.24) is 4.90 Å². The molecule has 4 nitrogen and oxygen atoms in total. The molecule has 0 saturated carbocycles. The monoisotopic (exact) mass is 565 g/mol. The van der Waals surface area contributed by atoms with Gasteiger partial charge in [-0.2, -0.15) is 57.1 Å². The first-order chi connectivity index (χ1) is 16.5. The van der Waals surface area contributed by atoms with E-state index in [1.54, 1.807) is 0 Å². The number of carbonyl (C=O) groups excluding carboxylic acids is 2. The summed E-state index contributed by atoms with van der Waals surface area (Å²) >= 11 is 0. The molecule has 2 atom stereocenters. The van der Waals surface area contributed by atoms with E-state index in [0.29, 0.717) is 12.1 Å². The van der Waals surface area contributed by atoms with Gasteiger partial charge < -0.3 is 4.74 Å². The third-order valence-corrected chi connectivity index (χ3v) is 5.61. The molecule has 210 valence electrons. The van der Waals surface area contributed by atoms with Crippen LogP contribution >= 0.6 is 0 Å². The normalized spacial score (nSPS) is 19.3. The summed E-state index contributed by atoms with van der Waals surface area (Å²) in [6.07, 6.45) is -9.27. The second-order valence-electron chi connectivity index (χ2n) is 8.36. The molecule has 1 saturated heterocycles. The van der Waals surface area contributed by atoms with E-state index in [9.17, 15) is 57.9 Å². The molecule has 17 heteroatoms. The van der Waals surface area contributed by atoms with E-state index in [-0.39, 0.29) is 4.90 Å². The van der Waals surface area contributed by atoms with E-state index in [1.807, 2.05) is 0 Å². The molecular weight excluding hydrogens is 549 g/mol. The van der Waals surface area contributed by atoms with E-state index >= 15 is 8.78 Å². The molecule has 2 rings (SSSR count). The van der Waals surface area contributed by atoms with Gasteiger partial charge in [0.1, 0.15) is 12.5 Å². The van der Waals surface area contributed by atoms with Gasteiger partial charge in [0.25, 0.3) is 0 Å². The van der Waals surface area contributed by atoms with Gasteiger partial charge in [-0.15, -0.1) is 0 Å². The van der Waals surface area contributed by atoms with Crippen LogP contribution in [0.2, 0.25) is 0 Å². The zero-order valence-electron chi connectivity index (χ0n) is 18.4. The molecule has 1 aromatic rings. The van der Waals surface area contributed by atoms with Crippen molar-refractivity contribution in [3.05, 3.63) is 35.9 Å². The molecule has 37 heavy (non-hydrogen) atoms. The maximum absolute atomic E-state index is 15.1. The van der Waals surface area contributed by atoms with E-state index in [1.165, 1.54) is 13.8 Å². The van der Waals surface area contributed by atoms with Crippen molar-refractivity contribution < 1.29 is 71.4 Å². The number of alkyl halides is 13. The highest BCUT2D eigenvalue weighted by Crippen LogP contribution is 2.62. The lowest BCUT2D eigenvalue weighted by Crippen LogP contribution is -2.71. The molecular formula is C20H16F13NO3. The van der Waals surface area contributed by atoms with Crippen molar-refractivity contribution in [2.75, 3.05) is 6.61 Å². The SMILES string of the molecule is CC(C)[C@H]1COC(=O)N1C(=O)[C@@H](c1ccccc1)C(F)(F)C(F)(F)C(F)(F)C(F)(F)C(F)(F)C(F)(F)F. The van der Waals surface area contributed by atoms with Gasteiger partial charge >= 0.3 is 41.9 Å². The van der Waals surface area contributed by atoms with E-state index < -0.39 is 77.8 Å². The van der Waals surface area contributed by atoms with Crippen LogP contribution in [0.3, 0.4) is 0 Å². The van der Waals surface area contributed by atoms with Crippen LogP contribution in [0, 0.1) is 5.92 Å². The summed E-state index contributed by atoms with van der Waals surface area (Å²) in [4.78, 5) is 24.8. The van der Waals surface area contributed by atoms with Crippen molar-refractivity contribution in [3.63, 3.8) is 0 Å². The van der Waals surface area contributed by atoms with E-state index in [2.05, 4.69) is 4.74 Å². The van der Waals surface area contributed by atoms with Crippen molar-refractivity contribution in [3.8, 4) is 0 Å². The maximum atomic E-state index is 15.1. The average Bonchev–Trinajstić information content (AvgIpc) is 3.14. The Labute approximate surface area is 199 Å². The van der Waals surface area contributed by atoms with Crippen molar-refractivity contribution in [1.29, 1.82) is 0 Å². The summed E-state index contributed by atoms with van der Waals surface area (Å²) in [6, 6.07) is 2.13. The molecule has 1 aliphatic rings. The molecule has 1 fully saturated rings. The number of hydrogen-bond acceptors (Lipinski definition) is 3. The molecule has 0 N–H and O–H groups in total. The standard InChI is InChI=1S/C20H16F13NO3/c1-9(2)11-8-37-14(36)34(11)13(35)12(10-6-4-3-5-7-10)15(21,22)16(23,24)17(25,26)18(27,28)19(29,30)20(31,32)33/h3-7,9,11-12H,8H2,1-2H3/t11-,12-/m1/s1. The van der Waals surface area contributed by atoms with Crippen LogP contribution in [0.25, 0.3) is 0 Å². The summed E-state index contributed by atoms with van der Waals surface area (Å²) in [5.41, 5.74) is -1.28. The third kappa shape index (κ3) is 4.47. The van der Waals surface area contributed by atoms with Crippen molar-refractivity contribution >= 4 is 12.0 Å². The zero-order chi connectivity index (χ0) is 29.0. The highest BCUT2D eigenvalue weighted by molar-refractivity contribution is 5.98. The van der Waals surface area contributed by atoms with Crippen molar-refractivity contribution in [2.45, 2.75) is 61.6 Å². The van der Waals surface area contributed by atoms with Crippen LogP contribution in [0.4, 0.5) is 61.9 Å². The van der Waals surface area contributed by atoms with E-state index in [0.717, 1.165) is 18.2 Å². The minimum Gasteiger partial charge on any atom is -0.447 e. The molecule has 1 heterocycles. The minimum atomic E-state index is -8.12. The number of amides is 2. The number of halogens is 13. The van der Waals surface area contributed by atoms with Gasteiger partial charge in [-0.1, -0.05) is 44.2 Å². The average molecular weight is 565 g/mol. The number of ether oxygens (including phenoxy) is 1. The zero-order valence-corrected chi connectivity index (χ0v) is 18.4. The predicted molar refractivity (Wildman–Crippen MR) is 96.8 cm³/mol. The number of hydrogen-bond donors (Lipinski definition) is 0. The van der Waals surface area contributed by atoms with Gasteiger partial charge in [0.15, 0.2) is 0 Å². The Morgan fingerprint density at radius 1 is 0.811 bits per heavy atom. The van der Waals surface area contributed by atoms with Gasteiger partial charge in [-0.05, 0) is 11.5 Å². The molecule has 0 unspecified atom stereocenters. The predicted octanol–water partition coefficient (Wildman–Crippen LogP) is 6.51. The second kappa shape index (κ2) is 9.22. The third-order valence-electron chi connectivity index (χ3n) is 5.61. The smallest absolute Gasteiger partial charge is 0.447 e. The van der Waals surface area contributed by atoms with E-state index in [4.69, 9.17) is 0 Å². The van der Waals surface area contributed by atoms with Gasteiger partial charge in [-0.3, -0.25) is 4.79 Å². The first kappa shape index (κ1) is 30.5. The number of rotatable bonds is 8. The summed E-state index contributed by atoms with van der Waals surface area (Å²) in [5.74, 6) is -45.7. The number of carbonyl (C=O) groups is 2. The first-order valence-electron chi connectivity index (χ1n) is 9.99. The van der Waals surface area contributed by atoms with Crippen LogP contribution in [0.5, 0.6) is 0 Å². The largest absolute Gasteiger partial charge is 0.460 e. The number of cyclic esters (lactones) is 1. The minimum absolute atomic E-state index is 0.160. The maximum Gasteiger partial charge on any atom is 0.460 e. The summed E-state index contributed by atoms with van der Waals surface area (Å²) < 4.78 is 183. The summed E-state index contributed by atoms with van der Waals surface area (Å²) in [5, 5.41) is 0. The Morgan fingerprint density at radius 2 is 1.27 bits per heavy atom. The number of nitrogens with zero attached hydrogens (tertiary/aromatic N) is 1. The molecule has 0 aliphatic carbocycles. The van der Waals surface area contributed by atoms with Crippen LogP contribution < -0.4 is 0 Å². The van der Waals surface area contributed by atoms with Gasteiger partial charge in [-0.25, -0.2) is 9.69 Å². The van der Waals surface area contributed by atoms with Crippen LogP contribution in [0.1, 0.15) is 25.3 Å². The first-order valence-corrected chi connectivity index (χ1v) is 9.99. The lowest BCUT2D eigenvalue weighted by Gasteiger charge is -2.42. The Kier molecular flexibility index (Phi) is 7.59. The number of benzene rings is 1. The molecule has 0 radical (unpaired) electrons. The summed E-state index contributed by atoms with van der Waals surface area (Å²) in [6.45, 7) is 1.92. The molecule has 1 aromatic carbocycles. The fraction of sp³-hybridized carbons (Fsp3) is 0.600. The fourth-order valence-corrected chi connectivity index (χ4v) is 3.43. The highest BCUT2D eigenvalue weighted by atomic mass is 19.4. The molecule has 0 spiro atoms. The molecule has 0 bridgehead atoms. The van der Waals surface area contributed by atoms with Crippen LogP contribution in [0.15, 0.2) is 30.3 Å². The van der Waals surface area contributed by atoms with Gasteiger partial charge in [0.2, 0.25) is 5.91 Å². The van der Waals surface area contributed by atoms with Crippen molar-refractivity contribution in [2.24, 2.45) is 5.92 Å². The highest BCUT2D eigenvalue weighted by Gasteiger charge is 2.91. The number of imide groups is 1. The second-order valence-corrected chi connectivity index (χ2v) is 8.36. The van der Waals surface area contributed by atoms with Crippen LogP contribution in [-0.4, -0.2) is 65.3 Å². The lowest BCUT2D eigenvalue weighted by molar-refractivity contribution is -0.440. The fourth-order valence-electron chi connectivity index (χ4n) is 3.43. The Hall–Kier alpha value is -2.75. The topological polar surface area (TPSA) is 46.6 Å². The Morgan fingerprint density at radius 3 is 1.70 bits per heavy atom. The summed E-state index contributed by atoms with van der Waals surface area (Å²) in [7, 11) is 0. The molecule has 0 aromatic heterocycles. The quantitative estimate of drug-likeness (QED) is 0.338. The van der Waals surface area contributed by atoms with Gasteiger partial charge in [0.05, 0.1) is 6.04 Å². The Balaban J connectivity index is 2.75. The van der Waals surface area contributed by atoms with Crippen LogP contribution in [-0.2, 0) is 9.53 Å².